The number of rotatable bonds is 69. The lowest BCUT2D eigenvalue weighted by Gasteiger charge is -2.23. The van der Waals surface area contributed by atoms with Crippen LogP contribution in [0.25, 0.3) is 0 Å². The van der Waals surface area contributed by atoms with E-state index in [2.05, 4.69) is 47.9 Å². The van der Waals surface area contributed by atoms with Crippen molar-refractivity contribution in [1.29, 1.82) is 0 Å². The van der Waals surface area contributed by atoms with Crippen LogP contribution in [0.5, 0.6) is 0 Å². The Morgan fingerprint density at radius 2 is 0.590 bits per heavy atom. The molecule has 11 N–H and O–H groups in total. The van der Waals surface area contributed by atoms with Gasteiger partial charge >= 0.3 is 18.3 Å². The number of hydrogen-bond donors (Lipinski definition) is 10. The van der Waals surface area contributed by atoms with Crippen molar-refractivity contribution in [1.82, 2.24) is 47.9 Å². The van der Waals surface area contributed by atoms with Crippen molar-refractivity contribution < 1.29 is 110 Å². The Bertz CT molecular complexity index is 3560. The van der Waals surface area contributed by atoms with Gasteiger partial charge in [0.2, 0.25) is 35.4 Å². The number of nitrogens with one attached hydrogen (secondary N) is 9. The van der Waals surface area contributed by atoms with Crippen molar-refractivity contribution in [2.24, 2.45) is 41.2 Å². The van der Waals surface area contributed by atoms with E-state index >= 15 is 0 Å². The molecule has 9 amide bonds. The number of carbonyl (C=O) groups excluding carboxylic acids is 15. The first kappa shape index (κ1) is 110. The first-order chi connectivity index (χ1) is 57.6. The van der Waals surface area contributed by atoms with E-state index in [-0.39, 0.29) is 218 Å². The molecule has 3 rings (SSSR count). The smallest absolute Gasteiger partial charge is 0.407 e. The molecular weight excluding hydrogens is 1580 g/mol. The molecule has 122 heavy (non-hydrogen) atoms. The van der Waals surface area contributed by atoms with E-state index in [9.17, 15) is 71.9 Å². The maximum absolute atomic E-state index is 14.0. The Hall–Kier alpha value is -9.93. The zero-order valence-corrected chi connectivity index (χ0v) is 71.2. The first-order valence-electron chi connectivity index (χ1n) is 41.8. The summed E-state index contributed by atoms with van der Waals surface area (Å²) < 4.78 is 42.2. The minimum Gasteiger partial charge on any atom is -0.447 e. The number of ketones is 6. The highest BCUT2D eigenvalue weighted by Gasteiger charge is 2.33. The van der Waals surface area contributed by atoms with Crippen LogP contribution in [-0.2, 0) is 115 Å². The van der Waals surface area contributed by atoms with E-state index in [4.69, 9.17) is 43.6 Å². The van der Waals surface area contributed by atoms with Gasteiger partial charge < -0.3 is 91.5 Å². The largest absolute Gasteiger partial charge is 0.447 e. The maximum Gasteiger partial charge on any atom is 0.407 e. The first-order valence-corrected chi connectivity index (χ1v) is 41.8. The molecule has 6 atom stereocenters. The van der Waals surface area contributed by atoms with Gasteiger partial charge in [0.25, 0.3) is 0 Å². The number of benzene rings is 3. The second-order valence-electron chi connectivity index (χ2n) is 30.5. The molecule has 0 aliphatic carbocycles. The van der Waals surface area contributed by atoms with E-state index in [1.54, 1.807) is 61.7 Å². The summed E-state index contributed by atoms with van der Waals surface area (Å²) in [7, 11) is 1.58. The standard InChI is InChI=1S/C87H132N10O23.2CH4/c1-61(2)49-73(76(101)27-30-79(104)89-34-18-38-115-42-41-113-7)95-83(108)68(53-65-23-13-9-14-24-65)56-71(99)59-93-86(111)119-47-44-117-40-20-36-91-81(106)32-29-78(103)75(51-63(5)6)97-84(109)69(54-66-25-15-10-16-26-66)57-72(100)60-94-87(112)120-48-45-116-39-19-35-90-80(105)31-28-77(102)74(50-62(3)4)96-82(107)67(52-64-21-11-8-12-22-64)55-70(98)58-92-85(110)118-46-43-114-37-17-33-88;;/h8-16,21-26,61-63,67-69,73-75H,17-20,27-60,88H2,1-7H3,(H,89,104)(H,90,105)(H,91,106)(H,92,110)(H,93,111)(H,94,112)(H,95,108)(H,96,107)(H,97,109);2*1H4. The Kier molecular flexibility index (Phi) is 61.0. The Balaban J connectivity index is 0.0000372. The lowest BCUT2D eigenvalue weighted by atomic mass is 9.91. The minimum absolute atomic E-state index is 0. The molecule has 0 saturated heterocycles. The van der Waals surface area contributed by atoms with Gasteiger partial charge in [-0.1, -0.05) is 147 Å². The summed E-state index contributed by atoms with van der Waals surface area (Å²) >= 11 is 0. The molecule has 3 aromatic carbocycles. The van der Waals surface area contributed by atoms with Crippen LogP contribution in [0.4, 0.5) is 14.4 Å². The Morgan fingerprint density at radius 1 is 0.328 bits per heavy atom. The molecule has 33 heteroatoms. The number of hydrogen-bond acceptors (Lipinski definition) is 24. The highest BCUT2D eigenvalue weighted by Crippen LogP contribution is 2.21. The molecule has 684 valence electrons. The predicted octanol–water partition coefficient (Wildman–Crippen LogP) is 7.11. The van der Waals surface area contributed by atoms with Crippen molar-refractivity contribution in [3.05, 3.63) is 108 Å². The summed E-state index contributed by atoms with van der Waals surface area (Å²) in [4.78, 5) is 198. The third-order valence-electron chi connectivity index (χ3n) is 18.5. The Labute approximate surface area is 720 Å². The van der Waals surface area contributed by atoms with Crippen molar-refractivity contribution in [3.8, 4) is 0 Å². The van der Waals surface area contributed by atoms with Crippen LogP contribution in [-0.4, -0.2) is 239 Å². The van der Waals surface area contributed by atoms with Crippen molar-refractivity contribution in [2.75, 3.05) is 132 Å². The molecule has 0 aliphatic rings. The molecule has 0 aliphatic heterocycles. The summed E-state index contributed by atoms with van der Waals surface area (Å²) in [5.41, 5.74) is 7.77. The Morgan fingerprint density at radius 3 is 0.844 bits per heavy atom. The third-order valence-corrected chi connectivity index (χ3v) is 18.5. The number of alkyl carbamates (subject to hydrolysis) is 3. The predicted molar refractivity (Wildman–Crippen MR) is 460 cm³/mol. The average molecular weight is 1720 g/mol. The molecule has 0 aromatic heterocycles. The normalized spacial score (nSPS) is 12.4. The second kappa shape index (κ2) is 67.6. The number of amides is 9. The molecular formula is C89H140N10O23. The fraction of sp³-hybridized carbons (Fsp3) is 0.629. The van der Waals surface area contributed by atoms with E-state index in [1.165, 1.54) is 0 Å². The quantitative estimate of drug-likeness (QED) is 0.0199. The summed E-state index contributed by atoms with van der Waals surface area (Å²) in [5.74, 6) is -7.83. The number of nitrogens with two attached hydrogens (primary N) is 1. The molecule has 0 fully saturated rings. The van der Waals surface area contributed by atoms with E-state index in [1.807, 2.05) is 77.9 Å². The number of carbonyl (C=O) groups is 15. The molecule has 0 bridgehead atoms. The van der Waals surface area contributed by atoms with E-state index in [0.29, 0.717) is 71.6 Å². The molecule has 0 radical (unpaired) electrons. The zero-order chi connectivity index (χ0) is 88.1. The van der Waals surface area contributed by atoms with Gasteiger partial charge in [0.15, 0.2) is 34.7 Å². The number of Topliss-reactive ketones (excluding diaryl/α,β-unsaturated/α-hetero) is 6. The molecule has 3 aromatic rings. The molecule has 6 unspecified atom stereocenters. The van der Waals surface area contributed by atoms with Crippen LogP contribution >= 0.6 is 0 Å². The fourth-order valence-corrected chi connectivity index (χ4v) is 12.3. The van der Waals surface area contributed by atoms with Crippen LogP contribution in [0.1, 0.15) is 176 Å². The number of methoxy groups -OCH3 is 1. The zero-order valence-electron chi connectivity index (χ0n) is 71.2. The van der Waals surface area contributed by atoms with Gasteiger partial charge in [0.05, 0.1) is 70.8 Å². The van der Waals surface area contributed by atoms with Crippen molar-refractivity contribution in [3.63, 3.8) is 0 Å². The van der Waals surface area contributed by atoms with Crippen molar-refractivity contribution in [2.45, 2.75) is 197 Å². The lowest BCUT2D eigenvalue weighted by Crippen LogP contribution is -2.46. The van der Waals surface area contributed by atoms with Crippen LogP contribution in [0, 0.1) is 35.5 Å². The van der Waals surface area contributed by atoms with Gasteiger partial charge in [0.1, 0.15) is 19.8 Å². The van der Waals surface area contributed by atoms with Crippen molar-refractivity contribution >= 4 is 88.4 Å². The van der Waals surface area contributed by atoms with Gasteiger partial charge in [-0.25, -0.2) is 14.4 Å². The highest BCUT2D eigenvalue weighted by atomic mass is 16.6. The minimum atomic E-state index is -0.970. The van der Waals surface area contributed by atoms with Gasteiger partial charge in [-0.05, 0) is 105 Å². The number of ether oxygens (including phenoxy) is 8. The van der Waals surface area contributed by atoms with Gasteiger partial charge in [-0.15, -0.1) is 0 Å². The topological polar surface area (TPSA) is 464 Å². The lowest BCUT2D eigenvalue weighted by molar-refractivity contribution is -0.133. The monoisotopic (exact) mass is 1720 g/mol. The SMILES string of the molecule is C.C.COCCOCCCNC(=O)CCC(=O)C(CC(C)C)NC(=O)C(CC(=O)CNC(=O)OCCOCCCNC(=O)CCC(=O)C(CC(C)C)NC(=O)C(CC(=O)CNC(=O)OCCOCCCNC(=O)CCC(=O)C(CC(C)C)NC(=O)C(CC(=O)CNC(=O)OCCOCCCN)Cc1ccccc1)Cc1ccccc1)Cc1ccccc1. The van der Waals surface area contributed by atoms with Crippen LogP contribution < -0.4 is 53.6 Å². The molecule has 0 heterocycles. The summed E-state index contributed by atoms with van der Waals surface area (Å²) in [6.07, 6.45) is -0.827. The van der Waals surface area contributed by atoms with E-state index in [0.717, 1.165) is 16.7 Å². The average Bonchev–Trinajstić information content (AvgIpc) is 0.874. The molecule has 0 saturated carbocycles. The molecule has 33 nitrogen and oxygen atoms in total. The van der Waals surface area contributed by atoms with Crippen LogP contribution in [0.3, 0.4) is 0 Å². The molecule has 0 spiro atoms. The summed E-state index contributed by atoms with van der Waals surface area (Å²) in [6, 6.07) is 24.3. The summed E-state index contributed by atoms with van der Waals surface area (Å²) in [5, 5.41) is 24.0. The van der Waals surface area contributed by atoms with Gasteiger partial charge in [-0.2, -0.15) is 0 Å². The van der Waals surface area contributed by atoms with E-state index < -0.39 is 114 Å². The fourth-order valence-electron chi connectivity index (χ4n) is 12.3. The van der Waals surface area contributed by atoms with Crippen LogP contribution in [0.15, 0.2) is 91.0 Å². The van der Waals surface area contributed by atoms with Crippen LogP contribution in [0.2, 0.25) is 0 Å². The highest BCUT2D eigenvalue weighted by molar-refractivity contribution is 5.97. The third kappa shape index (κ3) is 54.5. The van der Waals surface area contributed by atoms with Gasteiger partial charge in [0, 0.05) is 129 Å². The summed E-state index contributed by atoms with van der Waals surface area (Å²) in [6.45, 7) is 13.3. The van der Waals surface area contributed by atoms with Gasteiger partial charge in [-0.3, -0.25) is 57.5 Å². The maximum atomic E-state index is 14.0. The second-order valence-corrected chi connectivity index (χ2v) is 30.5.